The molecule has 4 nitrogen and oxygen atoms in total. The fourth-order valence-corrected chi connectivity index (χ4v) is 2.20. The van der Waals surface area contributed by atoms with E-state index in [4.69, 9.17) is 25.8 Å². The van der Waals surface area contributed by atoms with Crippen LogP contribution >= 0.6 is 11.6 Å². The molecule has 1 heterocycles. The maximum Gasteiger partial charge on any atom is 0.338 e. The van der Waals surface area contributed by atoms with Crippen LogP contribution in [0.25, 0.3) is 0 Å². The van der Waals surface area contributed by atoms with Gasteiger partial charge in [0.15, 0.2) is 11.5 Å². The molecule has 0 atom stereocenters. The molecule has 0 unspecified atom stereocenters. The summed E-state index contributed by atoms with van der Waals surface area (Å²) in [5.41, 5.74) is 1.19. The third-order valence-electron chi connectivity index (χ3n) is 3.09. The molecule has 0 aliphatic carbocycles. The monoisotopic (exact) mass is 304 g/mol. The standard InChI is InChI=1S/C16H13ClO4/c17-13-4-2-1-3-12(13)10-21-16(18)11-5-6-14-15(9-11)20-8-7-19-14/h1-6,9H,7-8,10H2. The molecule has 0 amide bonds. The minimum absolute atomic E-state index is 0.132. The highest BCUT2D eigenvalue weighted by molar-refractivity contribution is 6.31. The first-order valence-electron chi connectivity index (χ1n) is 6.54. The Bertz CT molecular complexity index is 669. The van der Waals surface area contributed by atoms with Crippen LogP contribution in [-0.2, 0) is 11.3 Å². The van der Waals surface area contributed by atoms with Crippen molar-refractivity contribution in [3.63, 3.8) is 0 Å². The van der Waals surface area contributed by atoms with E-state index in [1.807, 2.05) is 18.2 Å². The number of rotatable bonds is 3. The molecule has 0 saturated carbocycles. The molecule has 0 radical (unpaired) electrons. The summed E-state index contributed by atoms with van der Waals surface area (Å²) in [6.07, 6.45) is 0. The summed E-state index contributed by atoms with van der Waals surface area (Å²) in [6.45, 7) is 1.13. The lowest BCUT2D eigenvalue weighted by Gasteiger charge is -2.18. The Morgan fingerprint density at radius 2 is 1.86 bits per heavy atom. The Balaban J connectivity index is 1.69. The highest BCUT2D eigenvalue weighted by atomic mass is 35.5. The molecule has 2 aromatic carbocycles. The number of hydrogen-bond donors (Lipinski definition) is 0. The van der Waals surface area contributed by atoms with E-state index in [0.717, 1.165) is 5.56 Å². The first-order valence-corrected chi connectivity index (χ1v) is 6.92. The number of carbonyl (C=O) groups is 1. The van der Waals surface area contributed by atoms with Crippen LogP contribution in [0.3, 0.4) is 0 Å². The van der Waals surface area contributed by atoms with Gasteiger partial charge in [-0.25, -0.2) is 4.79 Å². The summed E-state index contributed by atoms with van der Waals surface area (Å²) in [4.78, 5) is 12.1. The Morgan fingerprint density at radius 1 is 1.10 bits per heavy atom. The quantitative estimate of drug-likeness (QED) is 0.815. The van der Waals surface area contributed by atoms with Crippen LogP contribution in [-0.4, -0.2) is 19.2 Å². The number of hydrogen-bond acceptors (Lipinski definition) is 4. The van der Waals surface area contributed by atoms with Crippen molar-refractivity contribution in [2.24, 2.45) is 0 Å². The Morgan fingerprint density at radius 3 is 2.67 bits per heavy atom. The molecule has 0 bridgehead atoms. The third kappa shape index (κ3) is 3.11. The minimum atomic E-state index is -0.424. The molecule has 5 heteroatoms. The Hall–Kier alpha value is -2.20. The number of carbonyl (C=O) groups excluding carboxylic acids is 1. The maximum atomic E-state index is 12.1. The van der Waals surface area contributed by atoms with Crippen molar-refractivity contribution in [3.8, 4) is 11.5 Å². The average molecular weight is 305 g/mol. The molecule has 0 saturated heterocycles. The fraction of sp³-hybridized carbons (Fsp3) is 0.188. The van der Waals surface area contributed by atoms with Crippen LogP contribution in [0.1, 0.15) is 15.9 Å². The second kappa shape index (κ2) is 6.06. The first kappa shape index (κ1) is 13.8. The number of fused-ring (bicyclic) bond motifs is 1. The summed E-state index contributed by atoms with van der Waals surface area (Å²) in [6, 6.07) is 12.2. The molecule has 0 spiro atoms. The molecular weight excluding hydrogens is 292 g/mol. The van der Waals surface area contributed by atoms with Crippen LogP contribution in [0.4, 0.5) is 0 Å². The number of ether oxygens (including phenoxy) is 3. The van der Waals surface area contributed by atoms with Crippen LogP contribution in [0.2, 0.25) is 5.02 Å². The van der Waals surface area contributed by atoms with Gasteiger partial charge in [0, 0.05) is 10.6 Å². The average Bonchev–Trinajstić information content (AvgIpc) is 2.53. The van der Waals surface area contributed by atoms with Gasteiger partial charge in [0.25, 0.3) is 0 Å². The molecule has 1 aliphatic heterocycles. The number of halogens is 1. The minimum Gasteiger partial charge on any atom is -0.486 e. The van der Waals surface area contributed by atoms with Gasteiger partial charge in [-0.1, -0.05) is 29.8 Å². The molecule has 108 valence electrons. The zero-order chi connectivity index (χ0) is 14.7. The lowest BCUT2D eigenvalue weighted by molar-refractivity contribution is 0.0472. The van der Waals surface area contributed by atoms with E-state index in [1.54, 1.807) is 24.3 Å². The summed E-state index contributed by atoms with van der Waals surface area (Å²) < 4.78 is 16.1. The van der Waals surface area contributed by atoms with Gasteiger partial charge < -0.3 is 14.2 Å². The van der Waals surface area contributed by atoms with E-state index in [0.29, 0.717) is 35.3 Å². The molecule has 3 rings (SSSR count). The molecule has 2 aromatic rings. The van der Waals surface area contributed by atoms with Gasteiger partial charge in [-0.2, -0.15) is 0 Å². The fourth-order valence-electron chi connectivity index (χ4n) is 2.01. The van der Waals surface area contributed by atoms with Crippen LogP contribution in [0, 0.1) is 0 Å². The summed E-state index contributed by atoms with van der Waals surface area (Å²) in [5, 5.41) is 0.576. The third-order valence-corrected chi connectivity index (χ3v) is 3.46. The van der Waals surface area contributed by atoms with Crippen molar-refractivity contribution in [3.05, 3.63) is 58.6 Å². The number of benzene rings is 2. The topological polar surface area (TPSA) is 44.8 Å². The normalized spacial score (nSPS) is 12.8. The van der Waals surface area contributed by atoms with Gasteiger partial charge in [-0.3, -0.25) is 0 Å². The van der Waals surface area contributed by atoms with Crippen molar-refractivity contribution in [1.82, 2.24) is 0 Å². The second-order valence-corrected chi connectivity index (χ2v) is 4.93. The van der Waals surface area contributed by atoms with Gasteiger partial charge in [-0.05, 0) is 24.3 Å². The van der Waals surface area contributed by atoms with Gasteiger partial charge in [0.2, 0.25) is 0 Å². The van der Waals surface area contributed by atoms with E-state index >= 15 is 0 Å². The molecule has 0 N–H and O–H groups in total. The number of esters is 1. The van der Waals surface area contributed by atoms with E-state index < -0.39 is 5.97 Å². The lowest BCUT2D eigenvalue weighted by atomic mass is 10.2. The molecule has 0 aromatic heterocycles. The van der Waals surface area contributed by atoms with Gasteiger partial charge >= 0.3 is 5.97 Å². The lowest BCUT2D eigenvalue weighted by Crippen LogP contribution is -2.16. The molecular formula is C16H13ClO4. The zero-order valence-electron chi connectivity index (χ0n) is 11.2. The van der Waals surface area contributed by atoms with E-state index in [2.05, 4.69) is 0 Å². The van der Waals surface area contributed by atoms with Crippen molar-refractivity contribution < 1.29 is 19.0 Å². The zero-order valence-corrected chi connectivity index (χ0v) is 11.9. The highest BCUT2D eigenvalue weighted by Crippen LogP contribution is 2.31. The Labute approximate surface area is 127 Å². The molecule has 0 fully saturated rings. The van der Waals surface area contributed by atoms with Gasteiger partial charge in [0.1, 0.15) is 19.8 Å². The van der Waals surface area contributed by atoms with E-state index in [1.165, 1.54) is 0 Å². The summed E-state index contributed by atoms with van der Waals surface area (Å²) in [7, 11) is 0. The first-order chi connectivity index (χ1) is 10.2. The van der Waals surface area contributed by atoms with E-state index in [-0.39, 0.29) is 6.61 Å². The Kier molecular flexibility index (Phi) is 3.97. The van der Waals surface area contributed by atoms with Gasteiger partial charge in [0.05, 0.1) is 5.56 Å². The highest BCUT2D eigenvalue weighted by Gasteiger charge is 2.16. The van der Waals surface area contributed by atoms with Crippen LogP contribution in [0.15, 0.2) is 42.5 Å². The summed E-state index contributed by atoms with van der Waals surface area (Å²) in [5.74, 6) is 0.782. The van der Waals surface area contributed by atoms with Crippen LogP contribution < -0.4 is 9.47 Å². The maximum absolute atomic E-state index is 12.1. The second-order valence-electron chi connectivity index (χ2n) is 4.53. The summed E-state index contributed by atoms with van der Waals surface area (Å²) >= 11 is 6.02. The van der Waals surface area contributed by atoms with Gasteiger partial charge in [-0.15, -0.1) is 0 Å². The predicted octanol–water partition coefficient (Wildman–Crippen LogP) is 3.47. The van der Waals surface area contributed by atoms with Crippen molar-refractivity contribution in [1.29, 1.82) is 0 Å². The smallest absolute Gasteiger partial charge is 0.338 e. The molecule has 1 aliphatic rings. The largest absolute Gasteiger partial charge is 0.486 e. The van der Waals surface area contributed by atoms with Crippen molar-refractivity contribution in [2.75, 3.05) is 13.2 Å². The van der Waals surface area contributed by atoms with E-state index in [9.17, 15) is 4.79 Å². The predicted molar refractivity (Wildman–Crippen MR) is 78.0 cm³/mol. The SMILES string of the molecule is O=C(OCc1ccccc1Cl)c1ccc2c(c1)OCCO2. The van der Waals surface area contributed by atoms with Crippen molar-refractivity contribution >= 4 is 17.6 Å². The van der Waals surface area contributed by atoms with Crippen molar-refractivity contribution in [2.45, 2.75) is 6.61 Å². The molecule has 21 heavy (non-hydrogen) atoms. The van der Waals surface area contributed by atoms with Crippen LogP contribution in [0.5, 0.6) is 11.5 Å².